The smallest absolute Gasteiger partial charge is 0.338 e. The van der Waals surface area contributed by atoms with Crippen LogP contribution in [0, 0.1) is 0 Å². The van der Waals surface area contributed by atoms with Gasteiger partial charge < -0.3 is 9.84 Å². The van der Waals surface area contributed by atoms with Crippen molar-refractivity contribution in [3.8, 4) is 0 Å². The Morgan fingerprint density at radius 2 is 2.36 bits per heavy atom. The molecule has 0 bridgehead atoms. The van der Waals surface area contributed by atoms with Crippen LogP contribution in [0.4, 0.5) is 0 Å². The second kappa shape index (κ2) is 4.79. The molecule has 0 atom stereocenters. The van der Waals surface area contributed by atoms with Crippen LogP contribution in [0.2, 0.25) is 0 Å². The number of aliphatic hydroxyl groups excluding tert-OH is 1. The summed E-state index contributed by atoms with van der Waals surface area (Å²) in [7, 11) is 0. The van der Waals surface area contributed by atoms with Crippen LogP contribution in [0.15, 0.2) is 24.2 Å². The van der Waals surface area contributed by atoms with Crippen LogP contribution in [0.1, 0.15) is 6.92 Å². The van der Waals surface area contributed by atoms with E-state index in [2.05, 4.69) is 11.3 Å². The van der Waals surface area contributed by atoms with Gasteiger partial charge in [-0.3, -0.25) is 0 Å². The van der Waals surface area contributed by atoms with Gasteiger partial charge in [-0.1, -0.05) is 6.58 Å². The van der Waals surface area contributed by atoms with Gasteiger partial charge in [0.05, 0.1) is 5.88 Å². The van der Waals surface area contributed by atoms with Gasteiger partial charge in [0, 0.05) is 5.57 Å². The fraction of sp³-hybridized carbons (Fsp3) is 0.286. The first-order valence-electron chi connectivity index (χ1n) is 2.88. The van der Waals surface area contributed by atoms with E-state index in [4.69, 9.17) is 16.7 Å². The molecule has 11 heavy (non-hydrogen) atoms. The summed E-state index contributed by atoms with van der Waals surface area (Å²) in [5.41, 5.74) is 0.267. The molecule has 0 spiro atoms. The summed E-state index contributed by atoms with van der Waals surface area (Å²) in [5, 5.41) is 8.71. The Bertz CT molecular complexity index is 196. The zero-order valence-corrected chi connectivity index (χ0v) is 6.89. The number of esters is 1. The maximum Gasteiger partial charge on any atom is 0.338 e. The molecule has 4 heteroatoms. The van der Waals surface area contributed by atoms with Crippen LogP contribution < -0.4 is 0 Å². The van der Waals surface area contributed by atoms with Crippen LogP contribution in [0.25, 0.3) is 0 Å². The standard InChI is InChI=1S/C7H9ClO3/c1-5(2)7(10)11-4-6(9)3-8/h4,9H,1,3H2,2H3/b6-4-. The highest BCUT2D eigenvalue weighted by atomic mass is 35.5. The topological polar surface area (TPSA) is 46.5 Å². The molecule has 0 saturated heterocycles. The second-order valence-corrected chi connectivity index (χ2v) is 2.20. The predicted molar refractivity (Wildman–Crippen MR) is 42.3 cm³/mol. The second-order valence-electron chi connectivity index (χ2n) is 1.93. The van der Waals surface area contributed by atoms with Crippen molar-refractivity contribution in [1.29, 1.82) is 0 Å². The predicted octanol–water partition coefficient (Wildman–Crippen LogP) is 1.74. The van der Waals surface area contributed by atoms with Crippen LogP contribution in [0.3, 0.4) is 0 Å². The third-order valence-electron chi connectivity index (χ3n) is 0.787. The molecule has 0 fully saturated rings. The third kappa shape index (κ3) is 4.44. The largest absolute Gasteiger partial charge is 0.508 e. The van der Waals surface area contributed by atoms with E-state index < -0.39 is 5.97 Å². The van der Waals surface area contributed by atoms with Crippen molar-refractivity contribution in [2.75, 3.05) is 5.88 Å². The Hall–Kier alpha value is -0.960. The zero-order valence-electron chi connectivity index (χ0n) is 6.13. The highest BCUT2D eigenvalue weighted by Gasteiger charge is 2.00. The molecule has 0 aliphatic rings. The number of ether oxygens (including phenoxy) is 1. The summed E-state index contributed by atoms with van der Waals surface area (Å²) in [5.74, 6) is -0.855. The minimum absolute atomic E-state index is 0.0799. The Labute approximate surface area is 69.9 Å². The van der Waals surface area contributed by atoms with Crippen molar-refractivity contribution >= 4 is 17.6 Å². The molecule has 0 radical (unpaired) electrons. The lowest BCUT2D eigenvalue weighted by Gasteiger charge is -1.96. The van der Waals surface area contributed by atoms with E-state index in [1.54, 1.807) is 0 Å². The first kappa shape index (κ1) is 10.0. The van der Waals surface area contributed by atoms with Gasteiger partial charge in [-0.25, -0.2) is 4.79 Å². The molecule has 0 unspecified atom stereocenters. The third-order valence-corrected chi connectivity index (χ3v) is 1.06. The van der Waals surface area contributed by atoms with Gasteiger partial charge >= 0.3 is 5.97 Å². The molecule has 0 heterocycles. The molecule has 0 rings (SSSR count). The molecule has 1 N–H and O–H groups in total. The quantitative estimate of drug-likeness (QED) is 0.308. The molecule has 0 aromatic carbocycles. The normalized spacial score (nSPS) is 10.9. The van der Waals surface area contributed by atoms with Gasteiger partial charge in [-0.2, -0.15) is 0 Å². The Kier molecular flexibility index (Phi) is 4.38. The summed E-state index contributed by atoms with van der Waals surface area (Å²) >= 11 is 5.18. The fourth-order valence-electron chi connectivity index (χ4n) is 0.254. The average Bonchev–Trinajstić information content (AvgIpc) is 1.99. The van der Waals surface area contributed by atoms with Crippen molar-refractivity contribution in [2.24, 2.45) is 0 Å². The maximum atomic E-state index is 10.6. The van der Waals surface area contributed by atoms with Gasteiger partial charge in [0.2, 0.25) is 0 Å². The summed E-state index contributed by atoms with van der Waals surface area (Å²) in [6.07, 6.45) is 0.893. The maximum absolute atomic E-state index is 10.6. The number of hydrogen-bond acceptors (Lipinski definition) is 3. The zero-order chi connectivity index (χ0) is 8.85. The van der Waals surface area contributed by atoms with Gasteiger partial charge in [-0.15, -0.1) is 11.6 Å². The number of hydrogen-bond donors (Lipinski definition) is 1. The van der Waals surface area contributed by atoms with E-state index in [1.165, 1.54) is 6.92 Å². The number of carbonyl (C=O) groups is 1. The Balaban J connectivity index is 3.88. The van der Waals surface area contributed by atoms with Crippen LogP contribution in [-0.2, 0) is 9.53 Å². The molecular weight excluding hydrogens is 168 g/mol. The van der Waals surface area contributed by atoms with Crippen molar-refractivity contribution in [3.05, 3.63) is 24.2 Å². The molecule has 0 aliphatic carbocycles. The highest BCUT2D eigenvalue weighted by molar-refractivity contribution is 6.19. The monoisotopic (exact) mass is 176 g/mol. The number of alkyl halides is 1. The molecular formula is C7H9ClO3. The lowest BCUT2D eigenvalue weighted by Crippen LogP contribution is -2.00. The highest BCUT2D eigenvalue weighted by Crippen LogP contribution is 1.96. The van der Waals surface area contributed by atoms with E-state index in [0.29, 0.717) is 0 Å². The minimum atomic E-state index is -0.582. The summed E-state index contributed by atoms with van der Waals surface area (Å²) < 4.78 is 4.42. The van der Waals surface area contributed by atoms with E-state index in [1.807, 2.05) is 0 Å². The molecule has 0 saturated carbocycles. The van der Waals surface area contributed by atoms with E-state index in [-0.39, 0.29) is 17.2 Å². The Morgan fingerprint density at radius 1 is 1.82 bits per heavy atom. The van der Waals surface area contributed by atoms with Crippen LogP contribution in [-0.4, -0.2) is 17.0 Å². The number of allylic oxidation sites excluding steroid dienone is 1. The molecule has 0 aliphatic heterocycles. The van der Waals surface area contributed by atoms with E-state index in [9.17, 15) is 4.79 Å². The van der Waals surface area contributed by atoms with Gasteiger partial charge in [-0.05, 0) is 6.92 Å². The van der Waals surface area contributed by atoms with Crippen molar-refractivity contribution < 1.29 is 14.6 Å². The number of carbonyl (C=O) groups excluding carboxylic acids is 1. The van der Waals surface area contributed by atoms with Crippen molar-refractivity contribution in [2.45, 2.75) is 6.92 Å². The summed E-state index contributed by atoms with van der Waals surface area (Å²) in [4.78, 5) is 10.6. The molecule has 3 nitrogen and oxygen atoms in total. The Morgan fingerprint density at radius 3 is 2.73 bits per heavy atom. The first-order chi connectivity index (χ1) is 5.07. The number of rotatable bonds is 3. The van der Waals surface area contributed by atoms with E-state index >= 15 is 0 Å². The summed E-state index contributed by atoms with van der Waals surface area (Å²) in [6, 6.07) is 0. The van der Waals surface area contributed by atoms with Crippen LogP contribution >= 0.6 is 11.6 Å². The SMILES string of the molecule is C=C(C)C(=O)O/C=C(\O)CCl. The summed E-state index contributed by atoms with van der Waals surface area (Å²) in [6.45, 7) is 4.85. The van der Waals surface area contributed by atoms with Crippen molar-refractivity contribution in [3.63, 3.8) is 0 Å². The number of aliphatic hydroxyl groups is 1. The van der Waals surface area contributed by atoms with E-state index in [0.717, 1.165) is 6.26 Å². The minimum Gasteiger partial charge on any atom is -0.508 e. The first-order valence-corrected chi connectivity index (χ1v) is 3.42. The van der Waals surface area contributed by atoms with Gasteiger partial charge in [0.15, 0.2) is 0 Å². The average molecular weight is 177 g/mol. The van der Waals surface area contributed by atoms with Gasteiger partial charge in [0.25, 0.3) is 0 Å². The molecule has 0 aromatic rings. The van der Waals surface area contributed by atoms with Gasteiger partial charge in [0.1, 0.15) is 12.0 Å². The lowest BCUT2D eigenvalue weighted by molar-refractivity contribution is -0.133. The van der Waals surface area contributed by atoms with Crippen molar-refractivity contribution in [1.82, 2.24) is 0 Å². The fourth-order valence-corrected chi connectivity index (χ4v) is 0.317. The number of halogens is 1. The molecule has 0 aromatic heterocycles. The molecule has 62 valence electrons. The lowest BCUT2D eigenvalue weighted by atomic mass is 10.4. The molecule has 0 amide bonds. The van der Waals surface area contributed by atoms with Crippen LogP contribution in [0.5, 0.6) is 0 Å².